The molecule has 0 saturated carbocycles. The Morgan fingerprint density at radius 3 is 2.79 bits per heavy atom. The van der Waals surface area contributed by atoms with Crippen LogP contribution in [0, 0.1) is 5.92 Å². The van der Waals surface area contributed by atoms with Gasteiger partial charge in [0.15, 0.2) is 5.96 Å². The fourth-order valence-corrected chi connectivity index (χ4v) is 2.94. The molecule has 6 heteroatoms. The first-order valence-electron chi connectivity index (χ1n) is 8.53. The van der Waals surface area contributed by atoms with E-state index in [4.69, 9.17) is 9.73 Å². The summed E-state index contributed by atoms with van der Waals surface area (Å²) in [6.45, 7) is 7.66. The number of aliphatic imine (C=N–C) groups is 1. The molecule has 0 radical (unpaired) electrons. The third-order valence-corrected chi connectivity index (χ3v) is 4.22. The van der Waals surface area contributed by atoms with Crippen LogP contribution in [0.2, 0.25) is 0 Å². The second-order valence-corrected chi connectivity index (χ2v) is 6.05. The predicted octanol–water partition coefficient (Wildman–Crippen LogP) is 2.67. The number of likely N-dealkylation sites (N-methyl/N-ethyl adjacent to an activating group) is 1. The highest BCUT2D eigenvalue weighted by Gasteiger charge is 2.24. The molecule has 1 aliphatic rings. The SMILES string of the molecule is CCNC(=NCCN(C)c1ccccc1)N1CCC(COC)C1.I. The lowest BCUT2D eigenvalue weighted by Crippen LogP contribution is -2.40. The summed E-state index contributed by atoms with van der Waals surface area (Å²) in [4.78, 5) is 9.40. The normalized spacial score (nSPS) is 17.5. The van der Waals surface area contributed by atoms with Gasteiger partial charge >= 0.3 is 0 Å². The topological polar surface area (TPSA) is 40.1 Å². The number of likely N-dealkylation sites (tertiary alicyclic amines) is 1. The number of guanidine groups is 1. The molecule has 1 aliphatic heterocycles. The summed E-state index contributed by atoms with van der Waals surface area (Å²) in [5.74, 6) is 1.66. The van der Waals surface area contributed by atoms with Gasteiger partial charge in [-0.1, -0.05) is 18.2 Å². The molecule has 24 heavy (non-hydrogen) atoms. The van der Waals surface area contributed by atoms with Crippen molar-refractivity contribution >= 4 is 35.6 Å². The minimum absolute atomic E-state index is 0. The summed E-state index contributed by atoms with van der Waals surface area (Å²) < 4.78 is 5.28. The van der Waals surface area contributed by atoms with E-state index in [-0.39, 0.29) is 24.0 Å². The third kappa shape index (κ3) is 6.47. The molecule has 1 atom stereocenters. The lowest BCUT2D eigenvalue weighted by Gasteiger charge is -2.23. The molecular weight excluding hydrogens is 415 g/mol. The number of methoxy groups -OCH3 is 1. The smallest absolute Gasteiger partial charge is 0.193 e. The van der Waals surface area contributed by atoms with E-state index >= 15 is 0 Å². The van der Waals surface area contributed by atoms with Gasteiger partial charge in [-0.05, 0) is 25.5 Å². The van der Waals surface area contributed by atoms with Gasteiger partial charge in [0.05, 0.1) is 13.2 Å². The quantitative estimate of drug-likeness (QED) is 0.397. The number of hydrogen-bond donors (Lipinski definition) is 1. The molecule has 1 N–H and O–H groups in total. The van der Waals surface area contributed by atoms with Gasteiger partial charge in [0.1, 0.15) is 0 Å². The number of benzene rings is 1. The van der Waals surface area contributed by atoms with E-state index in [1.54, 1.807) is 7.11 Å². The van der Waals surface area contributed by atoms with Crippen LogP contribution < -0.4 is 10.2 Å². The Labute approximate surface area is 163 Å². The monoisotopic (exact) mass is 446 g/mol. The fourth-order valence-electron chi connectivity index (χ4n) is 2.94. The fraction of sp³-hybridized carbons (Fsp3) is 0.611. The van der Waals surface area contributed by atoms with Gasteiger partial charge < -0.3 is 19.9 Å². The Balaban J connectivity index is 0.00000288. The van der Waals surface area contributed by atoms with E-state index in [1.165, 1.54) is 12.1 Å². The summed E-state index contributed by atoms with van der Waals surface area (Å²) in [5.41, 5.74) is 1.23. The van der Waals surface area contributed by atoms with E-state index in [0.29, 0.717) is 5.92 Å². The summed E-state index contributed by atoms with van der Waals surface area (Å²) in [6.07, 6.45) is 1.18. The van der Waals surface area contributed by atoms with Gasteiger partial charge in [-0.25, -0.2) is 0 Å². The van der Waals surface area contributed by atoms with E-state index in [2.05, 4.69) is 53.4 Å². The van der Waals surface area contributed by atoms with Crippen LogP contribution in [0.4, 0.5) is 5.69 Å². The Hall–Kier alpha value is -1.02. The minimum Gasteiger partial charge on any atom is -0.384 e. The number of halogens is 1. The lowest BCUT2D eigenvalue weighted by atomic mass is 10.1. The zero-order valence-electron chi connectivity index (χ0n) is 15.1. The maximum Gasteiger partial charge on any atom is 0.193 e. The Bertz CT molecular complexity index is 483. The van der Waals surface area contributed by atoms with Crippen LogP contribution >= 0.6 is 24.0 Å². The summed E-state index contributed by atoms with van der Waals surface area (Å²) >= 11 is 0. The largest absolute Gasteiger partial charge is 0.384 e. The van der Waals surface area contributed by atoms with Crippen molar-refractivity contribution in [2.24, 2.45) is 10.9 Å². The molecule has 0 aliphatic carbocycles. The van der Waals surface area contributed by atoms with Crippen LogP contribution in [0.3, 0.4) is 0 Å². The number of rotatable bonds is 7. The van der Waals surface area contributed by atoms with Gasteiger partial charge in [0.2, 0.25) is 0 Å². The minimum atomic E-state index is 0. The highest BCUT2D eigenvalue weighted by molar-refractivity contribution is 14.0. The maximum absolute atomic E-state index is 5.28. The Morgan fingerprint density at radius 2 is 2.12 bits per heavy atom. The van der Waals surface area contributed by atoms with Crippen LogP contribution in [0.5, 0.6) is 0 Å². The molecule has 2 rings (SSSR count). The molecule has 1 saturated heterocycles. The van der Waals surface area contributed by atoms with Gasteiger partial charge in [0.25, 0.3) is 0 Å². The van der Waals surface area contributed by atoms with Crippen LogP contribution in [-0.2, 0) is 4.74 Å². The number of para-hydroxylation sites is 1. The standard InChI is InChI=1S/C18H30N4O.HI/c1-4-19-18(22-12-10-16(14-22)15-23-3)20-11-13-21(2)17-8-6-5-7-9-17;/h5-9,16H,4,10-15H2,1-3H3,(H,19,20);1H. The molecule has 1 fully saturated rings. The molecule has 5 nitrogen and oxygen atoms in total. The van der Waals surface area contributed by atoms with Gasteiger partial charge in [-0.3, -0.25) is 4.99 Å². The summed E-state index contributed by atoms with van der Waals surface area (Å²) in [5, 5.41) is 3.42. The van der Waals surface area contributed by atoms with Crippen LogP contribution in [0.25, 0.3) is 0 Å². The summed E-state index contributed by atoms with van der Waals surface area (Å²) in [6, 6.07) is 10.4. The number of hydrogen-bond acceptors (Lipinski definition) is 3. The number of ether oxygens (including phenoxy) is 1. The van der Waals surface area contributed by atoms with Crippen LogP contribution in [0.15, 0.2) is 35.3 Å². The van der Waals surface area contributed by atoms with E-state index in [1.807, 2.05) is 6.07 Å². The molecule has 1 aromatic carbocycles. The van der Waals surface area contributed by atoms with E-state index in [9.17, 15) is 0 Å². The number of nitrogens with zero attached hydrogens (tertiary/aromatic N) is 3. The second kappa shape index (κ2) is 11.5. The maximum atomic E-state index is 5.28. The molecular formula is C18H31IN4O. The van der Waals surface area contributed by atoms with Crippen molar-refractivity contribution in [3.63, 3.8) is 0 Å². The first-order valence-corrected chi connectivity index (χ1v) is 8.53. The van der Waals surface area contributed by atoms with Crippen LogP contribution in [0.1, 0.15) is 13.3 Å². The van der Waals surface area contributed by atoms with Crippen molar-refractivity contribution in [2.45, 2.75) is 13.3 Å². The zero-order chi connectivity index (χ0) is 16.5. The van der Waals surface area contributed by atoms with Gasteiger partial charge in [-0.15, -0.1) is 24.0 Å². The van der Waals surface area contributed by atoms with Crippen molar-refractivity contribution in [3.05, 3.63) is 30.3 Å². The van der Waals surface area contributed by atoms with Crippen molar-refractivity contribution in [3.8, 4) is 0 Å². The first kappa shape index (κ1) is 21.0. The Kier molecular flexibility index (Phi) is 10.1. The third-order valence-electron chi connectivity index (χ3n) is 4.22. The molecule has 1 unspecified atom stereocenters. The van der Waals surface area contributed by atoms with Gasteiger partial charge in [0, 0.05) is 51.9 Å². The molecule has 0 spiro atoms. The van der Waals surface area contributed by atoms with Crippen molar-refractivity contribution < 1.29 is 4.74 Å². The van der Waals surface area contributed by atoms with E-state index < -0.39 is 0 Å². The predicted molar refractivity (Wildman–Crippen MR) is 113 cm³/mol. The average Bonchev–Trinajstić information content (AvgIpc) is 3.03. The zero-order valence-corrected chi connectivity index (χ0v) is 17.4. The molecule has 0 amide bonds. The number of anilines is 1. The van der Waals surface area contributed by atoms with Gasteiger partial charge in [-0.2, -0.15) is 0 Å². The first-order chi connectivity index (χ1) is 11.2. The summed E-state index contributed by atoms with van der Waals surface area (Å²) in [7, 11) is 3.89. The van der Waals surface area contributed by atoms with Crippen molar-refractivity contribution in [1.82, 2.24) is 10.2 Å². The Morgan fingerprint density at radius 1 is 1.38 bits per heavy atom. The second-order valence-electron chi connectivity index (χ2n) is 6.05. The van der Waals surface area contributed by atoms with Crippen molar-refractivity contribution in [2.75, 3.05) is 58.4 Å². The highest BCUT2D eigenvalue weighted by Crippen LogP contribution is 2.16. The molecule has 1 heterocycles. The van der Waals surface area contributed by atoms with Crippen molar-refractivity contribution in [1.29, 1.82) is 0 Å². The average molecular weight is 446 g/mol. The molecule has 0 aromatic heterocycles. The van der Waals surface area contributed by atoms with E-state index in [0.717, 1.165) is 45.3 Å². The number of nitrogens with one attached hydrogen (secondary N) is 1. The lowest BCUT2D eigenvalue weighted by molar-refractivity contribution is 0.157. The molecule has 0 bridgehead atoms. The van der Waals surface area contributed by atoms with Crippen LogP contribution in [-0.4, -0.2) is 64.3 Å². The molecule has 1 aromatic rings. The molecule has 136 valence electrons. The highest BCUT2D eigenvalue weighted by atomic mass is 127.